The van der Waals surface area contributed by atoms with Crippen molar-refractivity contribution >= 4 is 17.6 Å². The van der Waals surface area contributed by atoms with E-state index in [0.29, 0.717) is 13.0 Å². The van der Waals surface area contributed by atoms with Gasteiger partial charge in [0, 0.05) is 31.7 Å². The summed E-state index contributed by atoms with van der Waals surface area (Å²) in [5.74, 6) is -0.202. The molecule has 3 amide bonds. The fraction of sp³-hybridized carbons (Fsp3) is 0.619. The Balaban J connectivity index is 1.25. The van der Waals surface area contributed by atoms with E-state index in [1.54, 1.807) is 4.90 Å². The molecular formula is C21H30N4O3. The lowest BCUT2D eigenvalue weighted by Gasteiger charge is -2.45. The molecule has 3 fully saturated rings. The number of piperidine rings is 1. The molecule has 0 radical (unpaired) electrons. The quantitative estimate of drug-likeness (QED) is 0.803. The van der Waals surface area contributed by atoms with Gasteiger partial charge in [0.2, 0.25) is 5.91 Å². The highest BCUT2D eigenvalue weighted by Crippen LogP contribution is 2.27. The molecular weight excluding hydrogens is 356 g/mol. The van der Waals surface area contributed by atoms with Gasteiger partial charge < -0.3 is 10.1 Å². The highest BCUT2D eigenvalue weighted by atomic mass is 16.5. The standard InChI is InChI=1S/C21H30N4O3/c26-19-7-13-25(20(27)23-19)18-5-3-17(4-6-18)2-1-12-24-14-15-28-21(16-24)8-10-22-11-9-21/h3-6,22H,1-2,7-16H2,(H,23,26,27). The third-order valence-electron chi connectivity index (χ3n) is 6.08. The Morgan fingerprint density at radius 2 is 1.86 bits per heavy atom. The molecule has 2 N–H and O–H groups in total. The van der Waals surface area contributed by atoms with Crippen molar-refractivity contribution < 1.29 is 14.3 Å². The van der Waals surface area contributed by atoms with E-state index < -0.39 is 0 Å². The van der Waals surface area contributed by atoms with E-state index >= 15 is 0 Å². The number of ether oxygens (including phenoxy) is 1. The number of carbonyl (C=O) groups excluding carboxylic acids is 2. The number of nitrogens with zero attached hydrogens (tertiary/aromatic N) is 2. The number of hydrogen-bond donors (Lipinski definition) is 2. The van der Waals surface area contributed by atoms with Crippen LogP contribution in [0.25, 0.3) is 0 Å². The second-order valence-electron chi connectivity index (χ2n) is 8.08. The second kappa shape index (κ2) is 8.59. The van der Waals surface area contributed by atoms with Crippen LogP contribution in [0.4, 0.5) is 10.5 Å². The van der Waals surface area contributed by atoms with Crippen molar-refractivity contribution in [1.82, 2.24) is 15.5 Å². The molecule has 28 heavy (non-hydrogen) atoms. The Morgan fingerprint density at radius 3 is 2.61 bits per heavy atom. The van der Waals surface area contributed by atoms with Gasteiger partial charge in [-0.3, -0.25) is 19.9 Å². The van der Waals surface area contributed by atoms with Crippen molar-refractivity contribution in [3.63, 3.8) is 0 Å². The lowest BCUT2D eigenvalue weighted by Crippen LogP contribution is -2.56. The Kier molecular flexibility index (Phi) is 5.94. The Labute approximate surface area is 166 Å². The first-order valence-corrected chi connectivity index (χ1v) is 10.4. The smallest absolute Gasteiger partial charge is 0.328 e. The minimum Gasteiger partial charge on any atom is -0.372 e. The lowest BCUT2D eigenvalue weighted by molar-refractivity contribution is -0.123. The molecule has 4 rings (SSSR count). The molecule has 3 saturated heterocycles. The van der Waals surface area contributed by atoms with Crippen LogP contribution in [0.5, 0.6) is 0 Å². The van der Waals surface area contributed by atoms with Crippen molar-refractivity contribution in [3.8, 4) is 0 Å². The molecule has 1 aromatic carbocycles. The molecule has 3 aliphatic heterocycles. The molecule has 0 bridgehead atoms. The van der Waals surface area contributed by atoms with Crippen LogP contribution in [0, 0.1) is 0 Å². The van der Waals surface area contributed by atoms with Gasteiger partial charge in [0.05, 0.1) is 12.2 Å². The highest BCUT2D eigenvalue weighted by molar-refractivity contribution is 6.05. The number of nitrogens with one attached hydrogen (secondary N) is 2. The van der Waals surface area contributed by atoms with Gasteiger partial charge in [-0.2, -0.15) is 0 Å². The summed E-state index contributed by atoms with van der Waals surface area (Å²) in [6.07, 6.45) is 4.72. The van der Waals surface area contributed by atoms with Gasteiger partial charge in [0.1, 0.15) is 0 Å². The maximum absolute atomic E-state index is 11.9. The van der Waals surface area contributed by atoms with Crippen molar-refractivity contribution in [3.05, 3.63) is 29.8 Å². The van der Waals surface area contributed by atoms with Gasteiger partial charge in [-0.25, -0.2) is 4.79 Å². The molecule has 0 atom stereocenters. The van der Waals surface area contributed by atoms with E-state index in [1.165, 1.54) is 5.56 Å². The summed E-state index contributed by atoms with van der Waals surface area (Å²) in [5, 5.41) is 5.79. The van der Waals surface area contributed by atoms with Crippen LogP contribution in [0.1, 0.15) is 31.2 Å². The van der Waals surface area contributed by atoms with E-state index in [-0.39, 0.29) is 17.5 Å². The van der Waals surface area contributed by atoms with E-state index in [2.05, 4.69) is 27.7 Å². The number of imide groups is 1. The summed E-state index contributed by atoms with van der Waals surface area (Å²) in [6, 6.07) is 7.80. The number of amides is 3. The first-order valence-electron chi connectivity index (χ1n) is 10.4. The Hall–Kier alpha value is -1.96. The summed E-state index contributed by atoms with van der Waals surface area (Å²) in [4.78, 5) is 27.4. The van der Waals surface area contributed by atoms with Gasteiger partial charge in [-0.05, 0) is 63.0 Å². The number of aryl methyl sites for hydroxylation is 1. The molecule has 3 heterocycles. The van der Waals surface area contributed by atoms with E-state index in [0.717, 1.165) is 70.7 Å². The number of rotatable bonds is 5. The van der Waals surface area contributed by atoms with E-state index in [9.17, 15) is 9.59 Å². The number of morpholine rings is 1. The summed E-state index contributed by atoms with van der Waals surface area (Å²) in [6.45, 7) is 6.57. The molecule has 0 unspecified atom stereocenters. The SMILES string of the molecule is O=C1CCN(c2ccc(CCCN3CCOC4(CCNCC4)C3)cc2)C(=O)N1. The number of hydrogen-bond acceptors (Lipinski definition) is 5. The summed E-state index contributed by atoms with van der Waals surface area (Å²) in [5.41, 5.74) is 2.19. The third-order valence-corrected chi connectivity index (χ3v) is 6.08. The maximum Gasteiger partial charge on any atom is 0.328 e. The summed E-state index contributed by atoms with van der Waals surface area (Å²) >= 11 is 0. The summed E-state index contributed by atoms with van der Waals surface area (Å²) < 4.78 is 6.15. The van der Waals surface area contributed by atoms with Crippen molar-refractivity contribution in [2.24, 2.45) is 0 Å². The molecule has 3 aliphatic rings. The Bertz CT molecular complexity index is 695. The zero-order chi connectivity index (χ0) is 19.4. The highest BCUT2D eigenvalue weighted by Gasteiger charge is 2.37. The number of benzene rings is 1. The van der Waals surface area contributed by atoms with Crippen LogP contribution in [0.3, 0.4) is 0 Å². The second-order valence-corrected chi connectivity index (χ2v) is 8.08. The van der Waals surface area contributed by atoms with Crippen LogP contribution in [0.2, 0.25) is 0 Å². The average Bonchev–Trinajstić information content (AvgIpc) is 2.70. The van der Waals surface area contributed by atoms with Crippen LogP contribution in [0.15, 0.2) is 24.3 Å². The lowest BCUT2D eigenvalue weighted by atomic mass is 9.90. The van der Waals surface area contributed by atoms with Crippen molar-refractivity contribution in [2.75, 3.05) is 50.8 Å². The molecule has 0 aromatic heterocycles. The minimum atomic E-state index is -0.330. The number of carbonyl (C=O) groups is 2. The topological polar surface area (TPSA) is 73.9 Å². The Morgan fingerprint density at radius 1 is 1.07 bits per heavy atom. The van der Waals surface area contributed by atoms with Crippen LogP contribution < -0.4 is 15.5 Å². The largest absolute Gasteiger partial charge is 0.372 e. The molecule has 0 saturated carbocycles. The normalized spacial score (nSPS) is 23.1. The monoisotopic (exact) mass is 386 g/mol. The van der Waals surface area contributed by atoms with Crippen LogP contribution in [-0.4, -0.2) is 68.3 Å². The van der Waals surface area contributed by atoms with Crippen molar-refractivity contribution in [2.45, 2.75) is 37.7 Å². The maximum atomic E-state index is 11.9. The molecule has 1 spiro atoms. The minimum absolute atomic E-state index is 0.0710. The molecule has 7 heteroatoms. The van der Waals surface area contributed by atoms with E-state index in [1.807, 2.05) is 12.1 Å². The molecule has 0 aliphatic carbocycles. The van der Waals surface area contributed by atoms with Crippen LogP contribution in [-0.2, 0) is 16.0 Å². The van der Waals surface area contributed by atoms with Gasteiger partial charge in [0.25, 0.3) is 0 Å². The molecule has 152 valence electrons. The van der Waals surface area contributed by atoms with Crippen LogP contribution >= 0.6 is 0 Å². The van der Waals surface area contributed by atoms with Gasteiger partial charge >= 0.3 is 6.03 Å². The van der Waals surface area contributed by atoms with Crippen molar-refractivity contribution in [1.29, 1.82) is 0 Å². The van der Waals surface area contributed by atoms with E-state index in [4.69, 9.17) is 4.74 Å². The summed E-state index contributed by atoms with van der Waals surface area (Å²) in [7, 11) is 0. The fourth-order valence-electron chi connectivity index (χ4n) is 4.46. The fourth-order valence-corrected chi connectivity index (χ4v) is 4.46. The predicted molar refractivity (Wildman–Crippen MR) is 107 cm³/mol. The first-order chi connectivity index (χ1) is 13.6. The first kappa shape index (κ1) is 19.4. The number of anilines is 1. The zero-order valence-electron chi connectivity index (χ0n) is 16.4. The third kappa shape index (κ3) is 4.54. The van der Waals surface area contributed by atoms with Gasteiger partial charge in [-0.1, -0.05) is 12.1 Å². The zero-order valence-corrected chi connectivity index (χ0v) is 16.4. The van der Waals surface area contributed by atoms with Gasteiger partial charge in [-0.15, -0.1) is 0 Å². The van der Waals surface area contributed by atoms with Gasteiger partial charge in [0.15, 0.2) is 0 Å². The average molecular weight is 386 g/mol. The predicted octanol–water partition coefficient (Wildman–Crippen LogP) is 1.52. The molecule has 7 nitrogen and oxygen atoms in total. The number of urea groups is 1. The molecule has 1 aromatic rings.